The van der Waals surface area contributed by atoms with Gasteiger partial charge in [0, 0.05) is 23.6 Å². The third-order valence-electron chi connectivity index (χ3n) is 3.63. The van der Waals surface area contributed by atoms with Gasteiger partial charge in [0.15, 0.2) is 0 Å². The van der Waals surface area contributed by atoms with Gasteiger partial charge in [-0.3, -0.25) is 0 Å². The van der Waals surface area contributed by atoms with Crippen molar-refractivity contribution in [1.29, 1.82) is 0 Å². The highest BCUT2D eigenvalue weighted by Crippen LogP contribution is 2.36. The van der Waals surface area contributed by atoms with E-state index in [1.165, 1.54) is 35.0 Å². The maximum Gasteiger partial charge on any atom is 0.0513 e. The fraction of sp³-hybridized carbons (Fsp3) is 0.647. The summed E-state index contributed by atoms with van der Waals surface area (Å²) < 4.78 is 1.24. The second-order valence-corrected chi connectivity index (χ2v) is 7.09. The Labute approximate surface area is 132 Å². The topological polar surface area (TPSA) is 15.3 Å². The molecular formula is C17H27BrN2. The van der Waals surface area contributed by atoms with Crippen LogP contribution in [0.4, 0.5) is 5.69 Å². The Morgan fingerprint density at radius 2 is 2.10 bits per heavy atom. The molecule has 1 fully saturated rings. The molecule has 0 amide bonds. The van der Waals surface area contributed by atoms with Crippen LogP contribution in [0.15, 0.2) is 22.7 Å². The molecule has 0 unspecified atom stereocenters. The molecule has 0 saturated heterocycles. The van der Waals surface area contributed by atoms with Crippen LogP contribution in [0.5, 0.6) is 0 Å². The van der Waals surface area contributed by atoms with Crippen LogP contribution in [0.1, 0.15) is 45.6 Å². The highest BCUT2D eigenvalue weighted by Gasteiger charge is 2.30. The van der Waals surface area contributed by atoms with E-state index in [4.69, 9.17) is 0 Å². The molecule has 112 valence electrons. The van der Waals surface area contributed by atoms with Crippen LogP contribution in [-0.4, -0.2) is 19.1 Å². The minimum absolute atomic E-state index is 0.702. The highest BCUT2D eigenvalue weighted by atomic mass is 79.9. The number of rotatable bonds is 8. The minimum Gasteiger partial charge on any atom is -0.367 e. The zero-order valence-corrected chi connectivity index (χ0v) is 14.5. The molecule has 1 aromatic carbocycles. The standard InChI is InChI=1S/C17H27BrN2/c1-4-9-19-11-14-5-8-17(16(18)10-14)20(12-13(2)3)15-6-7-15/h5,8,10,13,15,19H,4,6-7,9,11-12H2,1-3H3. The van der Waals surface area contributed by atoms with Crippen molar-refractivity contribution in [3.63, 3.8) is 0 Å². The summed E-state index contributed by atoms with van der Waals surface area (Å²) in [5.41, 5.74) is 2.72. The van der Waals surface area contributed by atoms with Gasteiger partial charge in [-0.1, -0.05) is 26.8 Å². The average molecular weight is 339 g/mol. The fourth-order valence-electron chi connectivity index (χ4n) is 2.53. The number of nitrogens with zero attached hydrogens (tertiary/aromatic N) is 1. The molecule has 0 spiro atoms. The number of halogens is 1. The second-order valence-electron chi connectivity index (χ2n) is 6.24. The van der Waals surface area contributed by atoms with Crippen LogP contribution >= 0.6 is 15.9 Å². The lowest BCUT2D eigenvalue weighted by Crippen LogP contribution is -2.30. The van der Waals surface area contributed by atoms with Crippen molar-refractivity contribution in [2.45, 2.75) is 52.6 Å². The third-order valence-corrected chi connectivity index (χ3v) is 4.26. The molecule has 2 rings (SSSR count). The molecule has 0 aliphatic heterocycles. The van der Waals surface area contributed by atoms with Crippen molar-refractivity contribution in [3.05, 3.63) is 28.2 Å². The Morgan fingerprint density at radius 3 is 2.65 bits per heavy atom. The van der Waals surface area contributed by atoms with Gasteiger partial charge in [0.25, 0.3) is 0 Å². The van der Waals surface area contributed by atoms with Crippen LogP contribution in [-0.2, 0) is 6.54 Å². The minimum atomic E-state index is 0.702. The van der Waals surface area contributed by atoms with Gasteiger partial charge in [-0.25, -0.2) is 0 Å². The summed E-state index contributed by atoms with van der Waals surface area (Å²) in [6.07, 6.45) is 3.88. The lowest BCUT2D eigenvalue weighted by Gasteiger charge is -2.28. The number of benzene rings is 1. The van der Waals surface area contributed by atoms with Crippen molar-refractivity contribution >= 4 is 21.6 Å². The van der Waals surface area contributed by atoms with Crippen molar-refractivity contribution < 1.29 is 0 Å². The van der Waals surface area contributed by atoms with E-state index in [2.05, 4.69) is 65.1 Å². The number of hydrogen-bond acceptors (Lipinski definition) is 2. The molecule has 1 aliphatic rings. The van der Waals surface area contributed by atoms with Crippen molar-refractivity contribution in [3.8, 4) is 0 Å². The summed E-state index contributed by atoms with van der Waals surface area (Å²) in [7, 11) is 0. The molecular weight excluding hydrogens is 312 g/mol. The van der Waals surface area contributed by atoms with E-state index in [0.29, 0.717) is 5.92 Å². The Bertz CT molecular complexity index is 427. The molecule has 0 atom stereocenters. The van der Waals surface area contributed by atoms with Gasteiger partial charge in [0.1, 0.15) is 0 Å². The highest BCUT2D eigenvalue weighted by molar-refractivity contribution is 9.10. The molecule has 0 aromatic heterocycles. The molecule has 1 aliphatic carbocycles. The fourth-order valence-corrected chi connectivity index (χ4v) is 3.18. The lowest BCUT2D eigenvalue weighted by atomic mass is 10.1. The van der Waals surface area contributed by atoms with Crippen molar-refractivity contribution in [2.24, 2.45) is 5.92 Å². The van der Waals surface area contributed by atoms with Gasteiger partial charge in [-0.2, -0.15) is 0 Å². The smallest absolute Gasteiger partial charge is 0.0513 e. The molecule has 20 heavy (non-hydrogen) atoms. The van der Waals surface area contributed by atoms with Crippen LogP contribution < -0.4 is 10.2 Å². The lowest BCUT2D eigenvalue weighted by molar-refractivity contribution is 0.606. The van der Waals surface area contributed by atoms with E-state index in [0.717, 1.165) is 25.7 Å². The predicted octanol–water partition coefficient (Wildman–Crippen LogP) is 4.57. The molecule has 0 radical (unpaired) electrons. The molecule has 0 bridgehead atoms. The third kappa shape index (κ3) is 4.49. The normalized spacial score (nSPS) is 14.8. The Hall–Kier alpha value is -0.540. The quantitative estimate of drug-likeness (QED) is 0.698. The van der Waals surface area contributed by atoms with Gasteiger partial charge in [-0.15, -0.1) is 0 Å². The first-order chi connectivity index (χ1) is 9.61. The van der Waals surface area contributed by atoms with Crippen LogP contribution in [0, 0.1) is 5.92 Å². The zero-order chi connectivity index (χ0) is 14.5. The molecule has 0 heterocycles. The van der Waals surface area contributed by atoms with Gasteiger partial charge >= 0.3 is 0 Å². The van der Waals surface area contributed by atoms with Crippen LogP contribution in [0.2, 0.25) is 0 Å². The first-order valence-corrected chi connectivity index (χ1v) is 8.67. The van der Waals surface area contributed by atoms with Crippen LogP contribution in [0.3, 0.4) is 0 Å². The summed E-state index contributed by atoms with van der Waals surface area (Å²) in [5.74, 6) is 0.702. The maximum atomic E-state index is 3.77. The number of nitrogens with one attached hydrogen (secondary N) is 1. The molecule has 2 nitrogen and oxygen atoms in total. The van der Waals surface area contributed by atoms with Crippen molar-refractivity contribution in [2.75, 3.05) is 18.0 Å². The Balaban J connectivity index is 2.06. The zero-order valence-electron chi connectivity index (χ0n) is 13.0. The van der Waals surface area contributed by atoms with E-state index >= 15 is 0 Å². The number of hydrogen-bond donors (Lipinski definition) is 1. The maximum absolute atomic E-state index is 3.77. The number of anilines is 1. The predicted molar refractivity (Wildman–Crippen MR) is 91.3 cm³/mol. The first kappa shape index (κ1) is 15.8. The average Bonchev–Trinajstić information content (AvgIpc) is 3.21. The van der Waals surface area contributed by atoms with Gasteiger partial charge < -0.3 is 10.2 Å². The summed E-state index contributed by atoms with van der Waals surface area (Å²) in [6.45, 7) is 9.99. The van der Waals surface area contributed by atoms with E-state index in [1.54, 1.807) is 0 Å². The Kier molecular flexibility index (Phi) is 5.91. The summed E-state index contributed by atoms with van der Waals surface area (Å²) >= 11 is 3.77. The largest absolute Gasteiger partial charge is 0.367 e. The van der Waals surface area contributed by atoms with E-state index in [1.807, 2.05) is 0 Å². The summed E-state index contributed by atoms with van der Waals surface area (Å²) in [6, 6.07) is 7.58. The van der Waals surface area contributed by atoms with Gasteiger partial charge in [-0.05, 0) is 65.4 Å². The second kappa shape index (κ2) is 7.46. The molecule has 1 saturated carbocycles. The molecule has 1 aromatic rings. The van der Waals surface area contributed by atoms with E-state index in [9.17, 15) is 0 Å². The summed E-state index contributed by atoms with van der Waals surface area (Å²) in [4.78, 5) is 2.58. The molecule has 3 heteroatoms. The first-order valence-electron chi connectivity index (χ1n) is 7.87. The summed E-state index contributed by atoms with van der Waals surface area (Å²) in [5, 5.41) is 3.46. The van der Waals surface area contributed by atoms with Crippen molar-refractivity contribution in [1.82, 2.24) is 5.32 Å². The van der Waals surface area contributed by atoms with E-state index in [-0.39, 0.29) is 0 Å². The SMILES string of the molecule is CCCNCc1ccc(N(CC(C)C)C2CC2)c(Br)c1. The molecule has 1 N–H and O–H groups in total. The Morgan fingerprint density at radius 1 is 1.35 bits per heavy atom. The van der Waals surface area contributed by atoms with E-state index < -0.39 is 0 Å². The monoisotopic (exact) mass is 338 g/mol. The van der Waals surface area contributed by atoms with Crippen LogP contribution in [0.25, 0.3) is 0 Å². The van der Waals surface area contributed by atoms with Gasteiger partial charge in [0.05, 0.1) is 5.69 Å². The van der Waals surface area contributed by atoms with Gasteiger partial charge in [0.2, 0.25) is 0 Å².